The molecule has 42 heavy (non-hydrogen) atoms. The van der Waals surface area contributed by atoms with E-state index >= 15 is 0 Å². The molecule has 17 heteroatoms. The molecule has 2 aromatic heterocycles. The van der Waals surface area contributed by atoms with Crippen LogP contribution in [0.1, 0.15) is 46.3 Å². The summed E-state index contributed by atoms with van der Waals surface area (Å²) >= 11 is 5.83. The van der Waals surface area contributed by atoms with Gasteiger partial charge in [0.25, 0.3) is 5.56 Å². The highest BCUT2D eigenvalue weighted by molar-refractivity contribution is 7.47. The molecule has 1 aliphatic rings. The van der Waals surface area contributed by atoms with Crippen LogP contribution in [-0.4, -0.2) is 60.9 Å². The molecule has 3 N–H and O–H groups in total. The zero-order valence-corrected chi connectivity index (χ0v) is 24.5. The minimum absolute atomic E-state index is 0.0151. The molecule has 0 radical (unpaired) electrons. The fourth-order valence-electron chi connectivity index (χ4n) is 3.93. The first-order valence-electron chi connectivity index (χ1n) is 12.9. The van der Waals surface area contributed by atoms with E-state index in [-0.39, 0.29) is 59.7 Å². The number of imidazole rings is 1. The minimum atomic E-state index is -4.65. The number of phosphoric ester groups is 1. The fourth-order valence-corrected chi connectivity index (χ4v) is 4.83. The maximum Gasteiger partial charge on any atom is 0.527 e. The van der Waals surface area contributed by atoms with Crippen molar-refractivity contribution in [3.8, 4) is 5.75 Å². The maximum absolute atomic E-state index is 12.6. The number of anilines is 1. The van der Waals surface area contributed by atoms with Crippen LogP contribution in [-0.2, 0) is 32.9 Å². The standard InChI is InChI=1S/C25H29ClN5O10P/c1-13(2)23(34)29-25-28-22-21(24(35)30-25)27-12-31(22)19-10-17(40-20(33)9-4-14(3)32)18(39-19)11-38-42(36,37)41-16-7-5-15(26)6-8-16/h5-8,12-13,17-19H,4,9-11H2,1-3H3,(H,36,37)(H2,28,29,30,34,35). The molecule has 0 aliphatic carbocycles. The molecule has 0 saturated carbocycles. The zero-order valence-electron chi connectivity index (χ0n) is 22.8. The summed E-state index contributed by atoms with van der Waals surface area (Å²) in [5.74, 6) is -1.70. The van der Waals surface area contributed by atoms with Gasteiger partial charge in [0.15, 0.2) is 11.2 Å². The van der Waals surface area contributed by atoms with E-state index < -0.39 is 44.4 Å². The summed E-state index contributed by atoms with van der Waals surface area (Å²) in [5, 5.41) is 2.92. The van der Waals surface area contributed by atoms with Crippen LogP contribution in [0.3, 0.4) is 0 Å². The fraction of sp³-hybridized carbons (Fsp3) is 0.440. The number of carbonyl (C=O) groups is 3. The SMILES string of the molecule is CC(=O)CCC(=O)OC1CC(n2cnc3c(=O)[nH]c(NC(=O)C(C)C)nc32)OC1COP(=O)(O)Oc1ccc(Cl)cc1. The lowest BCUT2D eigenvalue weighted by molar-refractivity contribution is -0.153. The van der Waals surface area contributed by atoms with Crippen molar-refractivity contribution in [1.82, 2.24) is 19.5 Å². The van der Waals surface area contributed by atoms with Crippen molar-refractivity contribution in [1.29, 1.82) is 0 Å². The van der Waals surface area contributed by atoms with Gasteiger partial charge in [-0.3, -0.25) is 38.7 Å². The van der Waals surface area contributed by atoms with E-state index in [4.69, 9.17) is 30.1 Å². The Kier molecular flexibility index (Phi) is 9.79. The Morgan fingerprint density at radius 3 is 2.64 bits per heavy atom. The Morgan fingerprint density at radius 1 is 1.26 bits per heavy atom. The van der Waals surface area contributed by atoms with Gasteiger partial charge in [-0.1, -0.05) is 25.4 Å². The van der Waals surface area contributed by atoms with Crippen LogP contribution in [0.15, 0.2) is 35.4 Å². The molecular formula is C25H29ClN5O10P. The average Bonchev–Trinajstić information content (AvgIpc) is 3.51. The minimum Gasteiger partial charge on any atom is -0.459 e. The molecule has 4 atom stereocenters. The Labute approximate surface area is 244 Å². The molecule has 226 valence electrons. The number of fused-ring (bicyclic) bond motifs is 1. The zero-order chi connectivity index (χ0) is 30.6. The van der Waals surface area contributed by atoms with Crippen LogP contribution in [0.25, 0.3) is 11.2 Å². The molecule has 1 amide bonds. The van der Waals surface area contributed by atoms with E-state index in [1.807, 2.05) is 0 Å². The third kappa shape index (κ3) is 8.01. The molecule has 1 aromatic carbocycles. The number of phosphoric acid groups is 1. The predicted molar refractivity (Wildman–Crippen MR) is 148 cm³/mol. The van der Waals surface area contributed by atoms with Crippen LogP contribution in [0.5, 0.6) is 5.75 Å². The Bertz CT molecular complexity index is 1570. The van der Waals surface area contributed by atoms with Crippen molar-refractivity contribution in [3.05, 3.63) is 46.0 Å². The first-order valence-corrected chi connectivity index (χ1v) is 14.7. The number of H-pyrrole nitrogens is 1. The van der Waals surface area contributed by atoms with E-state index in [0.717, 1.165) is 0 Å². The number of hydrogen-bond donors (Lipinski definition) is 3. The highest BCUT2D eigenvalue weighted by Gasteiger charge is 2.41. The highest BCUT2D eigenvalue weighted by atomic mass is 35.5. The van der Waals surface area contributed by atoms with Crippen molar-refractivity contribution in [2.45, 2.75) is 58.5 Å². The van der Waals surface area contributed by atoms with Crippen LogP contribution < -0.4 is 15.4 Å². The second kappa shape index (κ2) is 13.1. The number of benzene rings is 1. The van der Waals surface area contributed by atoms with E-state index in [1.54, 1.807) is 13.8 Å². The van der Waals surface area contributed by atoms with Gasteiger partial charge in [-0.2, -0.15) is 4.98 Å². The third-order valence-electron chi connectivity index (χ3n) is 6.09. The molecule has 3 heterocycles. The Hall–Kier alpha value is -3.62. The van der Waals surface area contributed by atoms with Crippen LogP contribution in [0.4, 0.5) is 5.95 Å². The molecule has 1 fully saturated rings. The lowest BCUT2D eigenvalue weighted by Gasteiger charge is -2.20. The van der Waals surface area contributed by atoms with Crippen molar-refractivity contribution in [2.75, 3.05) is 11.9 Å². The number of aromatic nitrogens is 4. The van der Waals surface area contributed by atoms with Gasteiger partial charge in [0.2, 0.25) is 11.9 Å². The number of rotatable bonds is 12. The summed E-state index contributed by atoms with van der Waals surface area (Å²) in [6.45, 7) is 4.16. The van der Waals surface area contributed by atoms with Crippen molar-refractivity contribution >= 4 is 54.2 Å². The van der Waals surface area contributed by atoms with Gasteiger partial charge in [-0.15, -0.1) is 0 Å². The van der Waals surface area contributed by atoms with Crippen LogP contribution in [0, 0.1) is 5.92 Å². The number of nitrogens with zero attached hydrogens (tertiary/aromatic N) is 3. The van der Waals surface area contributed by atoms with Crippen LogP contribution >= 0.6 is 19.4 Å². The average molecular weight is 626 g/mol. The molecule has 0 bridgehead atoms. The first kappa shape index (κ1) is 31.3. The summed E-state index contributed by atoms with van der Waals surface area (Å²) in [6.07, 6.45) is -1.85. The number of amides is 1. The number of esters is 1. The van der Waals surface area contributed by atoms with E-state index in [0.29, 0.717) is 5.02 Å². The van der Waals surface area contributed by atoms with Gasteiger partial charge in [0.05, 0.1) is 19.4 Å². The molecule has 1 saturated heterocycles. The molecule has 1 aliphatic heterocycles. The summed E-state index contributed by atoms with van der Waals surface area (Å²) in [5.41, 5.74) is -0.569. The summed E-state index contributed by atoms with van der Waals surface area (Å²) in [4.78, 5) is 69.6. The smallest absolute Gasteiger partial charge is 0.459 e. The highest BCUT2D eigenvalue weighted by Crippen LogP contribution is 2.45. The topological polar surface area (TPSA) is 201 Å². The van der Waals surface area contributed by atoms with Gasteiger partial charge in [-0.25, -0.2) is 9.55 Å². The Balaban J connectivity index is 1.55. The van der Waals surface area contributed by atoms with Gasteiger partial charge < -0.3 is 18.8 Å². The molecule has 15 nitrogen and oxygen atoms in total. The second-order valence-corrected chi connectivity index (χ2v) is 11.6. The predicted octanol–water partition coefficient (Wildman–Crippen LogP) is 3.13. The largest absolute Gasteiger partial charge is 0.527 e. The van der Waals surface area contributed by atoms with Crippen molar-refractivity contribution in [3.63, 3.8) is 0 Å². The molecule has 4 rings (SSSR count). The number of Topliss-reactive ketones (excluding diaryl/α,β-unsaturated/α-hetero) is 1. The number of nitrogens with one attached hydrogen (secondary N) is 2. The summed E-state index contributed by atoms with van der Waals surface area (Å²) in [7, 11) is -4.65. The lowest BCUT2D eigenvalue weighted by atomic mass is 10.2. The maximum atomic E-state index is 12.6. The number of ether oxygens (including phenoxy) is 2. The van der Waals surface area contributed by atoms with Crippen molar-refractivity contribution in [2.24, 2.45) is 5.92 Å². The number of halogens is 1. The van der Waals surface area contributed by atoms with Gasteiger partial charge in [0.1, 0.15) is 30.0 Å². The molecular weight excluding hydrogens is 597 g/mol. The van der Waals surface area contributed by atoms with E-state index in [2.05, 4.69) is 20.3 Å². The number of ketones is 1. The molecule has 0 spiro atoms. The Morgan fingerprint density at radius 2 is 1.98 bits per heavy atom. The van der Waals surface area contributed by atoms with Gasteiger partial charge >= 0.3 is 13.8 Å². The monoisotopic (exact) mass is 625 g/mol. The summed E-state index contributed by atoms with van der Waals surface area (Å²) in [6, 6.07) is 5.69. The van der Waals surface area contributed by atoms with E-state index in [1.165, 1.54) is 42.1 Å². The summed E-state index contributed by atoms with van der Waals surface area (Å²) < 4.78 is 35.8. The van der Waals surface area contributed by atoms with Gasteiger partial charge in [0, 0.05) is 23.8 Å². The van der Waals surface area contributed by atoms with E-state index in [9.17, 15) is 28.6 Å². The second-order valence-electron chi connectivity index (χ2n) is 9.79. The number of aromatic amines is 1. The van der Waals surface area contributed by atoms with Gasteiger partial charge in [-0.05, 0) is 31.2 Å². The van der Waals surface area contributed by atoms with Crippen LogP contribution in [0.2, 0.25) is 5.02 Å². The van der Waals surface area contributed by atoms with Crippen molar-refractivity contribution < 1.29 is 42.4 Å². The number of hydrogen-bond acceptors (Lipinski definition) is 11. The molecule has 3 aromatic rings. The normalized spacial score (nSPS) is 19.9. The quantitative estimate of drug-likeness (QED) is 0.196. The first-order chi connectivity index (χ1) is 19.8. The third-order valence-corrected chi connectivity index (χ3v) is 7.26. The number of carbonyl (C=O) groups excluding carboxylic acids is 3. The molecule has 4 unspecified atom stereocenters. The lowest BCUT2D eigenvalue weighted by Crippen LogP contribution is -2.31.